The van der Waals surface area contributed by atoms with Gasteiger partial charge >= 0.3 is 0 Å². The van der Waals surface area contributed by atoms with Crippen molar-refractivity contribution >= 4 is 5.96 Å². The summed E-state index contributed by atoms with van der Waals surface area (Å²) in [6, 6.07) is 0.517. The van der Waals surface area contributed by atoms with Gasteiger partial charge in [-0.15, -0.1) is 0 Å². The molecule has 1 spiro atoms. The van der Waals surface area contributed by atoms with E-state index in [9.17, 15) is 0 Å². The smallest absolute Gasteiger partial charge is 0.193 e. The molecule has 0 radical (unpaired) electrons. The van der Waals surface area contributed by atoms with Crippen LogP contribution in [0.4, 0.5) is 0 Å². The Labute approximate surface area is 157 Å². The molecule has 2 heterocycles. The molecule has 1 saturated heterocycles. The maximum atomic E-state index is 6.05. The van der Waals surface area contributed by atoms with Crippen LogP contribution in [0.2, 0.25) is 0 Å². The molecule has 3 fully saturated rings. The molecule has 3 aliphatic rings. The highest BCUT2D eigenvalue weighted by Gasteiger charge is 2.66. The molecule has 2 saturated carbocycles. The summed E-state index contributed by atoms with van der Waals surface area (Å²) in [6.07, 6.45) is 7.75. The van der Waals surface area contributed by atoms with Crippen molar-refractivity contribution in [1.29, 1.82) is 0 Å². The van der Waals surface area contributed by atoms with Crippen molar-refractivity contribution in [1.82, 2.24) is 20.0 Å². The zero-order chi connectivity index (χ0) is 18.5. The van der Waals surface area contributed by atoms with Gasteiger partial charge in [-0.25, -0.2) is 0 Å². The summed E-state index contributed by atoms with van der Waals surface area (Å²) >= 11 is 0. The second-order valence-corrected chi connectivity index (χ2v) is 8.72. The predicted octanol–water partition coefficient (Wildman–Crippen LogP) is 2.51. The van der Waals surface area contributed by atoms with Crippen molar-refractivity contribution in [2.24, 2.45) is 23.4 Å². The van der Waals surface area contributed by atoms with Crippen molar-refractivity contribution in [3.8, 4) is 0 Å². The Hall–Kier alpha value is -1.56. The highest BCUT2D eigenvalue weighted by molar-refractivity contribution is 5.80. The third kappa shape index (κ3) is 2.65. The number of aromatic nitrogens is 2. The Bertz CT molecular complexity index is 690. The van der Waals surface area contributed by atoms with Crippen LogP contribution in [0.15, 0.2) is 11.2 Å². The average molecular weight is 360 g/mol. The molecule has 1 aliphatic heterocycles. The van der Waals surface area contributed by atoms with Crippen LogP contribution < -0.4 is 5.32 Å². The zero-order valence-corrected chi connectivity index (χ0v) is 16.8. The second-order valence-electron chi connectivity index (χ2n) is 8.72. The van der Waals surface area contributed by atoms with Crippen LogP contribution in [0.1, 0.15) is 56.7 Å². The summed E-state index contributed by atoms with van der Waals surface area (Å²) in [7, 11) is 6.01. The minimum Gasteiger partial charge on any atom is -0.377 e. The topological polar surface area (TPSA) is 54.7 Å². The highest BCUT2D eigenvalue weighted by Crippen LogP contribution is 2.62. The first-order chi connectivity index (χ1) is 12.5. The molecule has 3 unspecified atom stereocenters. The van der Waals surface area contributed by atoms with Gasteiger partial charge in [-0.2, -0.15) is 5.10 Å². The fourth-order valence-electron chi connectivity index (χ4n) is 5.43. The molecular formula is C20H33N5O. The number of fused-ring (bicyclic) bond motifs is 2. The van der Waals surface area contributed by atoms with Gasteiger partial charge in [0.15, 0.2) is 5.96 Å². The maximum absolute atomic E-state index is 6.05. The van der Waals surface area contributed by atoms with Crippen molar-refractivity contribution in [2.45, 2.75) is 64.1 Å². The molecule has 2 aliphatic carbocycles. The standard InChI is InChI=1S/C20H33N5O/c1-13(2)16-14(12-25(5)23-16)11-24(4)19(21-3)22-17-15-7-10-26-18(15)20(17)8-6-9-20/h12-13,15,17-18H,6-11H2,1-5H3,(H,21,22). The van der Waals surface area contributed by atoms with Gasteiger partial charge in [0.2, 0.25) is 0 Å². The normalized spacial score (nSPS) is 29.5. The number of ether oxygens (including phenoxy) is 1. The average Bonchev–Trinajstić information content (AvgIpc) is 3.11. The van der Waals surface area contributed by atoms with Crippen LogP contribution >= 0.6 is 0 Å². The lowest BCUT2D eigenvalue weighted by Crippen LogP contribution is -2.72. The zero-order valence-electron chi connectivity index (χ0n) is 16.8. The van der Waals surface area contributed by atoms with E-state index in [0.717, 1.165) is 19.1 Å². The Morgan fingerprint density at radius 2 is 2.27 bits per heavy atom. The van der Waals surface area contributed by atoms with E-state index < -0.39 is 0 Å². The molecule has 0 aromatic carbocycles. The molecule has 6 heteroatoms. The summed E-state index contributed by atoms with van der Waals surface area (Å²) in [5.41, 5.74) is 2.83. The van der Waals surface area contributed by atoms with Gasteiger partial charge in [0.1, 0.15) is 0 Å². The third-order valence-electron chi connectivity index (χ3n) is 6.79. The molecular weight excluding hydrogens is 326 g/mol. The van der Waals surface area contributed by atoms with Gasteiger partial charge in [0, 0.05) is 63.4 Å². The summed E-state index contributed by atoms with van der Waals surface area (Å²) in [6.45, 7) is 6.16. The molecule has 6 nitrogen and oxygen atoms in total. The third-order valence-corrected chi connectivity index (χ3v) is 6.79. The van der Waals surface area contributed by atoms with Crippen LogP contribution in [0, 0.1) is 11.3 Å². The van der Waals surface area contributed by atoms with Crippen LogP contribution in [0.5, 0.6) is 0 Å². The predicted molar refractivity (Wildman–Crippen MR) is 103 cm³/mol. The van der Waals surface area contributed by atoms with E-state index in [1.165, 1.54) is 36.9 Å². The summed E-state index contributed by atoms with van der Waals surface area (Å²) in [5, 5.41) is 8.45. The van der Waals surface area contributed by atoms with E-state index in [1.54, 1.807) is 0 Å². The van der Waals surface area contributed by atoms with E-state index in [0.29, 0.717) is 29.4 Å². The number of aryl methyl sites for hydroxylation is 1. The molecule has 3 atom stereocenters. The molecule has 1 N–H and O–H groups in total. The first kappa shape index (κ1) is 17.8. The lowest BCUT2D eigenvalue weighted by atomic mass is 9.46. The monoisotopic (exact) mass is 359 g/mol. The van der Waals surface area contributed by atoms with Crippen molar-refractivity contribution in [3.63, 3.8) is 0 Å². The summed E-state index contributed by atoms with van der Waals surface area (Å²) in [4.78, 5) is 6.82. The van der Waals surface area contributed by atoms with Crippen molar-refractivity contribution < 1.29 is 4.74 Å². The lowest BCUT2D eigenvalue weighted by Gasteiger charge is -2.63. The van der Waals surface area contributed by atoms with E-state index in [-0.39, 0.29) is 0 Å². The minimum atomic E-state index is 0.370. The first-order valence-electron chi connectivity index (χ1n) is 10.0. The molecule has 144 valence electrons. The Balaban J connectivity index is 1.46. The minimum absolute atomic E-state index is 0.370. The quantitative estimate of drug-likeness (QED) is 0.663. The van der Waals surface area contributed by atoms with E-state index >= 15 is 0 Å². The van der Waals surface area contributed by atoms with Gasteiger partial charge < -0.3 is 15.0 Å². The SMILES string of the molecule is CN=C(NC1C2CCOC2C12CCC2)N(C)Cc1cn(C)nc1C(C)C. The van der Waals surface area contributed by atoms with E-state index in [1.807, 2.05) is 18.8 Å². The Kier molecular flexibility index (Phi) is 4.49. The van der Waals surface area contributed by atoms with Gasteiger partial charge in [-0.3, -0.25) is 9.67 Å². The summed E-state index contributed by atoms with van der Waals surface area (Å²) in [5.74, 6) is 2.08. The number of nitrogens with zero attached hydrogens (tertiary/aromatic N) is 4. The fraction of sp³-hybridized carbons (Fsp3) is 0.800. The maximum Gasteiger partial charge on any atom is 0.193 e. The molecule has 1 aromatic heterocycles. The lowest BCUT2D eigenvalue weighted by molar-refractivity contribution is -0.171. The molecule has 0 bridgehead atoms. The Morgan fingerprint density at radius 1 is 1.50 bits per heavy atom. The molecule has 26 heavy (non-hydrogen) atoms. The van der Waals surface area contributed by atoms with Crippen LogP contribution in [-0.2, 0) is 18.3 Å². The van der Waals surface area contributed by atoms with Gasteiger partial charge in [-0.1, -0.05) is 20.3 Å². The molecule has 0 amide bonds. The van der Waals surface area contributed by atoms with E-state index in [2.05, 4.69) is 47.4 Å². The summed E-state index contributed by atoms with van der Waals surface area (Å²) < 4.78 is 7.97. The number of hydrogen-bond donors (Lipinski definition) is 1. The number of rotatable bonds is 4. The number of aliphatic imine (C=N–C) groups is 1. The van der Waals surface area contributed by atoms with Crippen LogP contribution in [0.3, 0.4) is 0 Å². The Morgan fingerprint density at radius 3 is 2.88 bits per heavy atom. The number of nitrogens with one attached hydrogen (secondary N) is 1. The molecule has 4 rings (SSSR count). The fourth-order valence-corrected chi connectivity index (χ4v) is 5.43. The first-order valence-corrected chi connectivity index (χ1v) is 10.0. The van der Waals surface area contributed by atoms with Crippen LogP contribution in [-0.4, -0.2) is 53.5 Å². The number of hydrogen-bond acceptors (Lipinski definition) is 3. The largest absolute Gasteiger partial charge is 0.377 e. The number of guanidine groups is 1. The van der Waals surface area contributed by atoms with E-state index in [4.69, 9.17) is 4.74 Å². The van der Waals surface area contributed by atoms with Crippen LogP contribution in [0.25, 0.3) is 0 Å². The van der Waals surface area contributed by atoms with Crippen molar-refractivity contribution in [2.75, 3.05) is 20.7 Å². The second kappa shape index (κ2) is 6.55. The van der Waals surface area contributed by atoms with Gasteiger partial charge in [0.05, 0.1) is 11.8 Å². The highest BCUT2D eigenvalue weighted by atomic mass is 16.5. The van der Waals surface area contributed by atoms with Gasteiger partial charge in [-0.05, 0) is 25.2 Å². The molecule has 1 aromatic rings. The van der Waals surface area contributed by atoms with Gasteiger partial charge in [0.25, 0.3) is 0 Å². The van der Waals surface area contributed by atoms with Crippen molar-refractivity contribution in [3.05, 3.63) is 17.5 Å².